The highest BCUT2D eigenvalue weighted by molar-refractivity contribution is 14.0. The van der Waals surface area contributed by atoms with Crippen LogP contribution in [0.1, 0.15) is 25.1 Å². The van der Waals surface area contributed by atoms with Gasteiger partial charge >= 0.3 is 0 Å². The standard InChI is InChI=1S/C20H24BrN5O.HI/c1-3-22-19(24-14-20(2,27)15-7-5-4-6-8-15)23-11-17-13-26-12-16(21)9-10-18(26)25-17;/h4-10,12-13,27H,3,11,14H2,1-2H3,(H2,22,23,24);1H. The van der Waals surface area contributed by atoms with Gasteiger partial charge in [0.25, 0.3) is 0 Å². The highest BCUT2D eigenvalue weighted by atomic mass is 127. The Hall–Kier alpha value is -1.65. The van der Waals surface area contributed by atoms with E-state index in [0.29, 0.717) is 19.0 Å². The van der Waals surface area contributed by atoms with Crippen LogP contribution in [0.5, 0.6) is 0 Å². The van der Waals surface area contributed by atoms with E-state index in [9.17, 15) is 5.11 Å². The van der Waals surface area contributed by atoms with Gasteiger partial charge in [0.15, 0.2) is 5.96 Å². The van der Waals surface area contributed by atoms with Crippen LogP contribution in [-0.2, 0) is 12.1 Å². The van der Waals surface area contributed by atoms with Gasteiger partial charge < -0.3 is 20.1 Å². The second-order valence-electron chi connectivity index (χ2n) is 6.53. The molecule has 0 radical (unpaired) electrons. The number of benzene rings is 1. The molecule has 1 atom stereocenters. The van der Waals surface area contributed by atoms with Gasteiger partial charge in [-0.1, -0.05) is 30.3 Å². The Morgan fingerprint density at radius 2 is 1.93 bits per heavy atom. The van der Waals surface area contributed by atoms with Crippen LogP contribution in [0.2, 0.25) is 0 Å². The van der Waals surface area contributed by atoms with E-state index in [1.165, 1.54) is 0 Å². The number of hydrogen-bond acceptors (Lipinski definition) is 3. The van der Waals surface area contributed by atoms with Gasteiger partial charge in [0.2, 0.25) is 0 Å². The Kier molecular flexibility index (Phi) is 8.26. The molecule has 3 aromatic rings. The van der Waals surface area contributed by atoms with Crippen LogP contribution in [0.25, 0.3) is 5.65 Å². The van der Waals surface area contributed by atoms with Crippen molar-refractivity contribution >= 4 is 51.5 Å². The predicted molar refractivity (Wildman–Crippen MR) is 127 cm³/mol. The van der Waals surface area contributed by atoms with Crippen molar-refractivity contribution in [3.8, 4) is 0 Å². The number of rotatable bonds is 6. The fourth-order valence-corrected chi connectivity index (χ4v) is 3.10. The topological polar surface area (TPSA) is 74.0 Å². The molecule has 28 heavy (non-hydrogen) atoms. The van der Waals surface area contributed by atoms with Gasteiger partial charge in [0.05, 0.1) is 18.8 Å². The van der Waals surface area contributed by atoms with E-state index in [-0.39, 0.29) is 24.0 Å². The minimum Gasteiger partial charge on any atom is -0.384 e. The van der Waals surface area contributed by atoms with Gasteiger partial charge in [-0.25, -0.2) is 9.98 Å². The zero-order valence-corrected chi connectivity index (χ0v) is 19.8. The lowest BCUT2D eigenvalue weighted by Gasteiger charge is -2.25. The van der Waals surface area contributed by atoms with Crippen molar-refractivity contribution in [2.45, 2.75) is 26.0 Å². The molecule has 3 N–H and O–H groups in total. The summed E-state index contributed by atoms with van der Waals surface area (Å²) in [4.78, 5) is 9.17. The average Bonchev–Trinajstić information content (AvgIpc) is 3.06. The molecule has 8 heteroatoms. The molecule has 0 aliphatic carbocycles. The van der Waals surface area contributed by atoms with Gasteiger partial charge in [-0.2, -0.15) is 0 Å². The summed E-state index contributed by atoms with van der Waals surface area (Å²) in [5, 5.41) is 17.2. The molecule has 0 fully saturated rings. The lowest BCUT2D eigenvalue weighted by Crippen LogP contribution is -2.44. The fraction of sp³-hybridized carbons (Fsp3) is 0.300. The van der Waals surface area contributed by atoms with Crippen molar-refractivity contribution in [3.05, 3.63) is 70.6 Å². The number of hydrogen-bond donors (Lipinski definition) is 3. The number of pyridine rings is 1. The van der Waals surface area contributed by atoms with Crippen molar-refractivity contribution in [1.82, 2.24) is 20.0 Å². The number of guanidine groups is 1. The maximum absolute atomic E-state index is 10.7. The summed E-state index contributed by atoms with van der Waals surface area (Å²) in [6.45, 7) is 5.33. The van der Waals surface area contributed by atoms with Crippen LogP contribution < -0.4 is 10.6 Å². The number of halogens is 2. The minimum absolute atomic E-state index is 0. The van der Waals surface area contributed by atoms with Gasteiger partial charge in [0, 0.05) is 23.4 Å². The summed E-state index contributed by atoms with van der Waals surface area (Å²) in [7, 11) is 0. The molecule has 0 spiro atoms. The molecule has 150 valence electrons. The molecule has 0 bridgehead atoms. The molecular formula is C20H25BrIN5O. The van der Waals surface area contributed by atoms with E-state index in [1.54, 1.807) is 6.92 Å². The van der Waals surface area contributed by atoms with Crippen LogP contribution >= 0.6 is 39.9 Å². The molecule has 3 rings (SSSR count). The molecule has 2 heterocycles. The normalized spacial score (nSPS) is 13.6. The summed E-state index contributed by atoms with van der Waals surface area (Å²) in [5.41, 5.74) is 1.63. The van der Waals surface area contributed by atoms with E-state index < -0.39 is 5.60 Å². The Morgan fingerprint density at radius 3 is 2.64 bits per heavy atom. The fourth-order valence-electron chi connectivity index (χ4n) is 2.75. The number of imidazole rings is 1. The Morgan fingerprint density at radius 1 is 1.18 bits per heavy atom. The van der Waals surface area contributed by atoms with E-state index in [4.69, 9.17) is 0 Å². The van der Waals surface area contributed by atoms with Crippen molar-refractivity contribution < 1.29 is 5.11 Å². The van der Waals surface area contributed by atoms with Gasteiger partial charge in [-0.3, -0.25) is 0 Å². The quantitative estimate of drug-likeness (QED) is 0.246. The van der Waals surface area contributed by atoms with Crippen molar-refractivity contribution in [3.63, 3.8) is 0 Å². The number of nitrogens with zero attached hydrogens (tertiary/aromatic N) is 3. The van der Waals surface area contributed by atoms with Crippen LogP contribution in [0, 0.1) is 0 Å². The van der Waals surface area contributed by atoms with Crippen molar-refractivity contribution in [1.29, 1.82) is 0 Å². The zero-order valence-electron chi connectivity index (χ0n) is 15.9. The third-order valence-electron chi connectivity index (χ3n) is 4.20. The number of nitrogens with one attached hydrogen (secondary N) is 2. The highest BCUT2D eigenvalue weighted by Gasteiger charge is 2.22. The molecule has 1 unspecified atom stereocenters. The van der Waals surface area contributed by atoms with E-state index in [1.807, 2.05) is 66.2 Å². The summed E-state index contributed by atoms with van der Waals surface area (Å²) in [6, 6.07) is 13.5. The summed E-state index contributed by atoms with van der Waals surface area (Å²) >= 11 is 3.46. The molecule has 1 aromatic carbocycles. The number of aliphatic imine (C=N–C) groups is 1. The first kappa shape index (κ1) is 22.6. The second-order valence-corrected chi connectivity index (χ2v) is 7.45. The molecule has 0 aliphatic heterocycles. The predicted octanol–water partition coefficient (Wildman–Crippen LogP) is 3.68. The lowest BCUT2D eigenvalue weighted by molar-refractivity contribution is 0.0617. The molecule has 0 saturated carbocycles. The lowest BCUT2D eigenvalue weighted by atomic mass is 9.96. The summed E-state index contributed by atoms with van der Waals surface area (Å²) in [6.07, 6.45) is 3.93. The smallest absolute Gasteiger partial charge is 0.191 e. The van der Waals surface area contributed by atoms with E-state index >= 15 is 0 Å². The zero-order chi connectivity index (χ0) is 19.3. The van der Waals surface area contributed by atoms with Crippen molar-refractivity contribution in [2.24, 2.45) is 4.99 Å². The molecule has 2 aromatic heterocycles. The first-order valence-electron chi connectivity index (χ1n) is 8.91. The minimum atomic E-state index is -0.993. The van der Waals surface area contributed by atoms with Crippen molar-refractivity contribution in [2.75, 3.05) is 13.1 Å². The number of aliphatic hydroxyl groups is 1. The number of aromatic nitrogens is 2. The molecule has 0 aliphatic rings. The maximum atomic E-state index is 10.7. The average molecular weight is 558 g/mol. The van der Waals surface area contributed by atoms with Crippen LogP contribution in [-0.4, -0.2) is 33.5 Å². The molecular weight excluding hydrogens is 533 g/mol. The first-order chi connectivity index (χ1) is 13.0. The third-order valence-corrected chi connectivity index (χ3v) is 4.67. The second kappa shape index (κ2) is 10.2. The van der Waals surface area contributed by atoms with Gasteiger partial charge in [-0.05, 0) is 47.5 Å². The Balaban J connectivity index is 0.00000280. The van der Waals surface area contributed by atoms with Crippen LogP contribution in [0.3, 0.4) is 0 Å². The largest absolute Gasteiger partial charge is 0.384 e. The molecule has 0 amide bonds. The Labute approximate surface area is 190 Å². The third kappa shape index (κ3) is 5.92. The van der Waals surface area contributed by atoms with E-state index in [0.717, 1.165) is 27.9 Å². The van der Waals surface area contributed by atoms with Crippen LogP contribution in [0.15, 0.2) is 64.3 Å². The van der Waals surface area contributed by atoms with Crippen LogP contribution in [0.4, 0.5) is 0 Å². The first-order valence-corrected chi connectivity index (χ1v) is 9.70. The number of fused-ring (bicyclic) bond motifs is 1. The Bertz CT molecular complexity index is 927. The SMILES string of the molecule is CCNC(=NCc1cn2cc(Br)ccc2n1)NCC(C)(O)c1ccccc1.I. The summed E-state index contributed by atoms with van der Waals surface area (Å²) < 4.78 is 2.97. The molecule has 6 nitrogen and oxygen atoms in total. The maximum Gasteiger partial charge on any atom is 0.191 e. The molecule has 0 saturated heterocycles. The van der Waals surface area contributed by atoms with E-state index in [2.05, 4.69) is 36.5 Å². The van der Waals surface area contributed by atoms with Gasteiger partial charge in [-0.15, -0.1) is 24.0 Å². The summed E-state index contributed by atoms with van der Waals surface area (Å²) in [5.74, 6) is 0.645. The van der Waals surface area contributed by atoms with Gasteiger partial charge in [0.1, 0.15) is 11.2 Å². The monoisotopic (exact) mass is 557 g/mol. The highest BCUT2D eigenvalue weighted by Crippen LogP contribution is 2.19.